The van der Waals surface area contributed by atoms with Gasteiger partial charge in [-0.15, -0.1) is 0 Å². The normalized spacial score (nSPS) is 13.2. The van der Waals surface area contributed by atoms with Crippen molar-refractivity contribution in [2.75, 3.05) is 14.2 Å². The van der Waals surface area contributed by atoms with Crippen LogP contribution in [0.15, 0.2) is 58.8 Å². The Hall–Kier alpha value is -3.36. The molecule has 1 atom stereocenters. The zero-order valence-electron chi connectivity index (χ0n) is 16.0. The molecular formula is C20H20F3N3O3. The highest BCUT2D eigenvalue weighted by molar-refractivity contribution is 6.46. The Balaban J connectivity index is 2.21. The Labute approximate surface area is 166 Å². The zero-order valence-corrected chi connectivity index (χ0v) is 16.0. The fourth-order valence-electron chi connectivity index (χ4n) is 2.46. The molecule has 6 nitrogen and oxygen atoms in total. The second-order valence-corrected chi connectivity index (χ2v) is 5.89. The summed E-state index contributed by atoms with van der Waals surface area (Å²) in [5.74, 6) is -0.453. The molecule has 0 radical (unpaired) electrons. The van der Waals surface area contributed by atoms with Crippen LogP contribution < -0.4 is 5.32 Å². The van der Waals surface area contributed by atoms with Crippen molar-refractivity contribution >= 4 is 17.8 Å². The first-order valence-corrected chi connectivity index (χ1v) is 8.57. The van der Waals surface area contributed by atoms with Gasteiger partial charge in [-0.25, -0.2) is 0 Å². The average molecular weight is 407 g/mol. The Bertz CT molecular complexity index is 911. The monoisotopic (exact) mass is 407 g/mol. The van der Waals surface area contributed by atoms with Gasteiger partial charge in [0.2, 0.25) is 0 Å². The number of nitrogens with zero attached hydrogens (tertiary/aromatic N) is 2. The van der Waals surface area contributed by atoms with Crippen molar-refractivity contribution in [1.29, 1.82) is 0 Å². The number of alkyl halides is 3. The number of likely N-dealkylation sites (N-methyl/N-ethyl adjacent to an activating group) is 1. The third kappa shape index (κ3) is 5.81. The summed E-state index contributed by atoms with van der Waals surface area (Å²) in [4.78, 5) is 22.1. The number of amides is 1. The molecule has 2 aromatic rings. The van der Waals surface area contributed by atoms with E-state index in [0.717, 1.165) is 12.1 Å². The molecule has 1 amide bonds. The van der Waals surface area contributed by atoms with Crippen molar-refractivity contribution in [3.8, 4) is 0 Å². The third-order valence-corrected chi connectivity index (χ3v) is 3.93. The summed E-state index contributed by atoms with van der Waals surface area (Å²) in [5.41, 5.74) is 0.585. The van der Waals surface area contributed by atoms with Gasteiger partial charge in [0.1, 0.15) is 13.2 Å². The van der Waals surface area contributed by atoms with Gasteiger partial charge in [0.15, 0.2) is 5.71 Å². The molecule has 1 N–H and O–H groups in total. The molecule has 0 aliphatic carbocycles. The minimum atomic E-state index is -4.44. The molecule has 9 heteroatoms. The number of hydrogen-bond donors (Lipinski definition) is 1. The summed E-state index contributed by atoms with van der Waals surface area (Å²) in [6.07, 6.45) is -3.80. The van der Waals surface area contributed by atoms with Crippen LogP contribution in [0.5, 0.6) is 0 Å². The first-order chi connectivity index (χ1) is 13.8. The lowest BCUT2D eigenvalue weighted by Crippen LogP contribution is -2.29. The van der Waals surface area contributed by atoms with Crippen molar-refractivity contribution in [1.82, 2.24) is 5.32 Å². The predicted molar refractivity (Wildman–Crippen MR) is 103 cm³/mol. The molecule has 0 fully saturated rings. The smallest absolute Gasteiger partial charge is 0.398 e. The van der Waals surface area contributed by atoms with Crippen LogP contribution in [0.4, 0.5) is 13.2 Å². The molecule has 0 unspecified atom stereocenters. The Morgan fingerprint density at radius 2 is 1.90 bits per heavy atom. The van der Waals surface area contributed by atoms with Crippen LogP contribution in [0.1, 0.15) is 35.3 Å². The molecule has 2 rings (SSSR count). The van der Waals surface area contributed by atoms with Gasteiger partial charge < -0.3 is 15.0 Å². The average Bonchev–Trinajstić information content (AvgIpc) is 2.71. The number of carbonyl (C=O) groups excluding carboxylic acids is 1. The highest BCUT2D eigenvalue weighted by Gasteiger charge is 2.30. The van der Waals surface area contributed by atoms with E-state index in [1.807, 2.05) is 0 Å². The molecular weight excluding hydrogens is 387 g/mol. The van der Waals surface area contributed by atoms with Crippen molar-refractivity contribution in [3.05, 3.63) is 70.8 Å². The number of oxime groups is 2. The van der Waals surface area contributed by atoms with E-state index >= 15 is 0 Å². The predicted octanol–water partition coefficient (Wildman–Crippen LogP) is 3.91. The van der Waals surface area contributed by atoms with Crippen LogP contribution in [0, 0.1) is 0 Å². The number of hydrogen-bond acceptors (Lipinski definition) is 5. The summed E-state index contributed by atoms with van der Waals surface area (Å²) in [6, 6.07) is 11.6. The van der Waals surface area contributed by atoms with E-state index in [9.17, 15) is 18.0 Å². The van der Waals surface area contributed by atoms with Crippen molar-refractivity contribution in [2.45, 2.75) is 19.2 Å². The summed E-state index contributed by atoms with van der Waals surface area (Å²) >= 11 is 0. The van der Waals surface area contributed by atoms with E-state index < -0.39 is 23.8 Å². The number of rotatable bonds is 7. The first-order valence-electron chi connectivity index (χ1n) is 8.57. The minimum absolute atomic E-state index is 0.0444. The number of benzene rings is 2. The Morgan fingerprint density at radius 1 is 1.17 bits per heavy atom. The van der Waals surface area contributed by atoms with Crippen LogP contribution in [-0.2, 0) is 20.6 Å². The highest BCUT2D eigenvalue weighted by atomic mass is 19.4. The molecule has 0 heterocycles. The molecule has 0 aliphatic rings. The van der Waals surface area contributed by atoms with Gasteiger partial charge in [0.25, 0.3) is 5.91 Å². The van der Waals surface area contributed by atoms with Gasteiger partial charge in [-0.1, -0.05) is 46.7 Å². The SMILES string of the molecule is CNC(=O)/C(=N/OC)c1ccccc1/C=N\O[C@@H](C)c1cccc(C(F)(F)F)c1. The van der Waals surface area contributed by atoms with Crippen LogP contribution >= 0.6 is 0 Å². The summed E-state index contributed by atoms with van der Waals surface area (Å²) in [5, 5.41) is 10.1. The van der Waals surface area contributed by atoms with Crippen molar-refractivity contribution in [3.63, 3.8) is 0 Å². The fourth-order valence-corrected chi connectivity index (χ4v) is 2.46. The van der Waals surface area contributed by atoms with Gasteiger partial charge >= 0.3 is 6.18 Å². The Morgan fingerprint density at radius 3 is 2.55 bits per heavy atom. The summed E-state index contributed by atoms with van der Waals surface area (Å²) in [6.45, 7) is 1.58. The van der Waals surface area contributed by atoms with E-state index in [1.165, 1.54) is 32.5 Å². The number of halogens is 3. The Kier molecular flexibility index (Phi) is 7.35. The second kappa shape index (κ2) is 9.72. The van der Waals surface area contributed by atoms with E-state index in [2.05, 4.69) is 15.6 Å². The van der Waals surface area contributed by atoms with Gasteiger partial charge in [0.05, 0.1) is 11.8 Å². The molecule has 0 saturated carbocycles. The van der Waals surface area contributed by atoms with Gasteiger partial charge in [-0.2, -0.15) is 13.2 Å². The number of carbonyl (C=O) groups is 1. The van der Waals surface area contributed by atoms with Gasteiger partial charge in [-0.05, 0) is 24.6 Å². The van der Waals surface area contributed by atoms with Crippen molar-refractivity contribution < 1.29 is 27.6 Å². The molecule has 154 valence electrons. The first kappa shape index (κ1) is 21.9. The lowest BCUT2D eigenvalue weighted by Gasteiger charge is -2.13. The van der Waals surface area contributed by atoms with Crippen LogP contribution in [0.25, 0.3) is 0 Å². The second-order valence-electron chi connectivity index (χ2n) is 5.89. The zero-order chi connectivity index (χ0) is 21.4. The topological polar surface area (TPSA) is 72.3 Å². The van der Waals surface area contributed by atoms with Crippen LogP contribution in [0.3, 0.4) is 0 Å². The minimum Gasteiger partial charge on any atom is -0.398 e. The molecule has 0 saturated heterocycles. The molecule has 0 bridgehead atoms. The summed E-state index contributed by atoms with van der Waals surface area (Å²) in [7, 11) is 2.78. The standard InChI is InChI=1S/C20H20F3N3O3/c1-13(14-8-6-9-16(11-14)20(21,22)23)29-25-12-15-7-4-5-10-17(15)18(26-28-3)19(27)24-2/h4-13H,1-3H3,(H,24,27)/b25-12-,26-18+/t13-/m0/s1. The fraction of sp³-hybridized carbons (Fsp3) is 0.250. The van der Waals surface area contributed by atoms with E-state index in [-0.39, 0.29) is 5.71 Å². The van der Waals surface area contributed by atoms with Gasteiger partial charge in [0, 0.05) is 18.2 Å². The summed E-state index contributed by atoms with van der Waals surface area (Å²) < 4.78 is 38.6. The number of nitrogens with one attached hydrogen (secondary N) is 1. The molecule has 2 aromatic carbocycles. The molecule has 0 spiro atoms. The highest BCUT2D eigenvalue weighted by Crippen LogP contribution is 2.31. The van der Waals surface area contributed by atoms with Crippen LogP contribution in [-0.4, -0.2) is 32.0 Å². The molecule has 29 heavy (non-hydrogen) atoms. The largest absolute Gasteiger partial charge is 0.416 e. The maximum atomic E-state index is 12.9. The van der Waals surface area contributed by atoms with Crippen molar-refractivity contribution in [2.24, 2.45) is 10.3 Å². The lowest BCUT2D eigenvalue weighted by atomic mass is 10.0. The maximum absolute atomic E-state index is 12.9. The van der Waals surface area contributed by atoms with E-state index in [1.54, 1.807) is 31.2 Å². The maximum Gasteiger partial charge on any atom is 0.416 e. The van der Waals surface area contributed by atoms with E-state index in [4.69, 9.17) is 9.68 Å². The quantitative estimate of drug-likeness (QED) is 0.559. The third-order valence-electron chi connectivity index (χ3n) is 3.93. The molecule has 0 aliphatic heterocycles. The molecule has 0 aromatic heterocycles. The lowest BCUT2D eigenvalue weighted by molar-refractivity contribution is -0.137. The van der Waals surface area contributed by atoms with Gasteiger partial charge in [-0.3, -0.25) is 4.79 Å². The van der Waals surface area contributed by atoms with Crippen LogP contribution in [0.2, 0.25) is 0 Å². The van der Waals surface area contributed by atoms with E-state index in [0.29, 0.717) is 16.7 Å².